The number of carbonyl (C=O) groups is 1. The van der Waals surface area contributed by atoms with E-state index in [2.05, 4.69) is 10.2 Å². The van der Waals surface area contributed by atoms with Crippen LogP contribution in [0.5, 0.6) is 0 Å². The Morgan fingerprint density at radius 3 is 2.60 bits per heavy atom. The Kier molecular flexibility index (Phi) is 4.54. The average Bonchev–Trinajstić information content (AvgIpc) is 2.50. The monoisotopic (exact) mass is 214 g/mol. The van der Waals surface area contributed by atoms with Gasteiger partial charge in [-0.3, -0.25) is 4.79 Å². The standard InChI is InChI=1S/C11H22N2O2/c1-10(14)12-7-8-13(2)9-11(15)5-3-4-6-11/h15H,3-9H2,1-2H3,(H,12,14). The molecule has 1 amide bonds. The summed E-state index contributed by atoms with van der Waals surface area (Å²) in [5.74, 6) is 0.00276. The number of amides is 1. The Morgan fingerprint density at radius 1 is 1.47 bits per heavy atom. The first-order chi connectivity index (χ1) is 7.02. The lowest BCUT2D eigenvalue weighted by molar-refractivity contribution is -0.119. The molecule has 2 N–H and O–H groups in total. The van der Waals surface area contributed by atoms with Crippen LogP contribution in [-0.2, 0) is 4.79 Å². The Morgan fingerprint density at radius 2 is 2.07 bits per heavy atom. The van der Waals surface area contributed by atoms with Gasteiger partial charge in [-0.1, -0.05) is 12.8 Å². The van der Waals surface area contributed by atoms with Gasteiger partial charge >= 0.3 is 0 Å². The SMILES string of the molecule is CC(=O)NCCN(C)CC1(O)CCCC1. The van der Waals surface area contributed by atoms with Gasteiger partial charge in [0.05, 0.1) is 5.60 Å². The predicted octanol–water partition coefficient (Wildman–Crippen LogP) is 0.359. The van der Waals surface area contributed by atoms with Crippen molar-refractivity contribution in [2.24, 2.45) is 0 Å². The van der Waals surface area contributed by atoms with Crippen LogP contribution in [0.3, 0.4) is 0 Å². The quantitative estimate of drug-likeness (QED) is 0.695. The van der Waals surface area contributed by atoms with Gasteiger partial charge < -0.3 is 15.3 Å². The molecule has 1 aliphatic carbocycles. The van der Waals surface area contributed by atoms with E-state index in [1.54, 1.807) is 0 Å². The Hall–Kier alpha value is -0.610. The number of nitrogens with one attached hydrogen (secondary N) is 1. The number of aliphatic hydroxyl groups is 1. The number of rotatable bonds is 5. The van der Waals surface area contributed by atoms with E-state index in [4.69, 9.17) is 0 Å². The largest absolute Gasteiger partial charge is 0.389 e. The number of nitrogens with zero attached hydrogens (tertiary/aromatic N) is 1. The van der Waals surface area contributed by atoms with Crippen molar-refractivity contribution >= 4 is 5.91 Å². The third-order valence-corrected chi connectivity index (χ3v) is 2.97. The van der Waals surface area contributed by atoms with Crippen molar-refractivity contribution < 1.29 is 9.90 Å². The second-order valence-corrected chi connectivity index (χ2v) is 4.65. The molecule has 1 rings (SSSR count). The van der Waals surface area contributed by atoms with E-state index in [0.29, 0.717) is 13.1 Å². The number of hydrogen-bond donors (Lipinski definition) is 2. The van der Waals surface area contributed by atoms with Gasteiger partial charge in [0.25, 0.3) is 0 Å². The summed E-state index contributed by atoms with van der Waals surface area (Å²) >= 11 is 0. The first-order valence-electron chi connectivity index (χ1n) is 5.67. The molecule has 0 heterocycles. The van der Waals surface area contributed by atoms with Gasteiger partial charge in [-0.15, -0.1) is 0 Å². The molecular formula is C11H22N2O2. The Bertz CT molecular complexity index is 213. The minimum atomic E-state index is -0.481. The van der Waals surface area contributed by atoms with Crippen LogP contribution in [-0.4, -0.2) is 48.2 Å². The highest BCUT2D eigenvalue weighted by Crippen LogP contribution is 2.29. The molecule has 1 saturated carbocycles. The number of hydrogen-bond acceptors (Lipinski definition) is 3. The van der Waals surface area contributed by atoms with Crippen molar-refractivity contribution in [3.8, 4) is 0 Å². The summed E-state index contributed by atoms with van der Waals surface area (Å²) in [6.07, 6.45) is 4.10. The molecule has 0 bridgehead atoms. The molecule has 0 aromatic carbocycles. The fraction of sp³-hybridized carbons (Fsp3) is 0.909. The highest BCUT2D eigenvalue weighted by atomic mass is 16.3. The van der Waals surface area contributed by atoms with Crippen molar-refractivity contribution in [2.75, 3.05) is 26.7 Å². The molecule has 0 radical (unpaired) electrons. The van der Waals surface area contributed by atoms with Crippen LogP contribution in [0.4, 0.5) is 0 Å². The number of likely N-dealkylation sites (N-methyl/N-ethyl adjacent to an activating group) is 1. The first-order valence-corrected chi connectivity index (χ1v) is 5.67. The molecule has 88 valence electrons. The summed E-state index contributed by atoms with van der Waals surface area (Å²) in [6.45, 7) is 3.68. The summed E-state index contributed by atoms with van der Waals surface area (Å²) in [6, 6.07) is 0. The van der Waals surface area contributed by atoms with E-state index in [0.717, 1.165) is 32.2 Å². The highest BCUT2D eigenvalue weighted by Gasteiger charge is 2.31. The summed E-state index contributed by atoms with van der Waals surface area (Å²) in [5, 5.41) is 12.9. The van der Waals surface area contributed by atoms with E-state index in [1.807, 2.05) is 7.05 Å². The molecule has 0 aromatic heterocycles. The predicted molar refractivity (Wildman–Crippen MR) is 59.6 cm³/mol. The van der Waals surface area contributed by atoms with Gasteiger partial charge in [-0.2, -0.15) is 0 Å². The minimum Gasteiger partial charge on any atom is -0.389 e. The molecule has 0 spiro atoms. The minimum absolute atomic E-state index is 0.00276. The van der Waals surface area contributed by atoms with Gasteiger partial charge in [-0.25, -0.2) is 0 Å². The lowest BCUT2D eigenvalue weighted by atomic mass is 10.0. The first kappa shape index (κ1) is 12.5. The molecule has 0 unspecified atom stereocenters. The van der Waals surface area contributed by atoms with Crippen LogP contribution in [0.1, 0.15) is 32.6 Å². The summed E-state index contributed by atoms with van der Waals surface area (Å²) in [7, 11) is 1.98. The fourth-order valence-corrected chi connectivity index (χ4v) is 2.20. The zero-order valence-corrected chi connectivity index (χ0v) is 9.75. The summed E-state index contributed by atoms with van der Waals surface area (Å²) in [5.41, 5.74) is -0.481. The van der Waals surface area contributed by atoms with Gasteiger partial charge in [0, 0.05) is 26.6 Å². The Balaban J connectivity index is 2.17. The van der Waals surface area contributed by atoms with Crippen LogP contribution < -0.4 is 5.32 Å². The summed E-state index contributed by atoms with van der Waals surface area (Å²) < 4.78 is 0. The maximum Gasteiger partial charge on any atom is 0.216 e. The molecule has 0 saturated heterocycles. The summed E-state index contributed by atoms with van der Waals surface area (Å²) in [4.78, 5) is 12.7. The van der Waals surface area contributed by atoms with E-state index in [9.17, 15) is 9.90 Å². The topological polar surface area (TPSA) is 52.6 Å². The normalized spacial score (nSPS) is 19.5. The third-order valence-electron chi connectivity index (χ3n) is 2.97. The molecule has 4 heteroatoms. The fourth-order valence-electron chi connectivity index (χ4n) is 2.20. The van der Waals surface area contributed by atoms with Gasteiger partial charge in [0.15, 0.2) is 0 Å². The van der Waals surface area contributed by atoms with Crippen molar-refractivity contribution in [2.45, 2.75) is 38.2 Å². The number of carbonyl (C=O) groups excluding carboxylic acids is 1. The van der Waals surface area contributed by atoms with E-state index >= 15 is 0 Å². The van der Waals surface area contributed by atoms with Crippen LogP contribution >= 0.6 is 0 Å². The van der Waals surface area contributed by atoms with E-state index in [-0.39, 0.29) is 5.91 Å². The molecule has 0 aliphatic heterocycles. The second-order valence-electron chi connectivity index (χ2n) is 4.65. The van der Waals surface area contributed by atoms with Gasteiger partial charge in [0.1, 0.15) is 0 Å². The molecule has 15 heavy (non-hydrogen) atoms. The van der Waals surface area contributed by atoms with Crippen LogP contribution in [0.25, 0.3) is 0 Å². The van der Waals surface area contributed by atoms with Gasteiger partial charge in [0.2, 0.25) is 5.91 Å². The maximum atomic E-state index is 10.7. The highest BCUT2D eigenvalue weighted by molar-refractivity contribution is 5.72. The van der Waals surface area contributed by atoms with E-state index in [1.165, 1.54) is 6.92 Å². The third kappa shape index (κ3) is 4.62. The maximum absolute atomic E-state index is 10.7. The molecule has 1 aliphatic rings. The van der Waals surface area contributed by atoms with Gasteiger partial charge in [-0.05, 0) is 19.9 Å². The smallest absolute Gasteiger partial charge is 0.216 e. The van der Waals surface area contributed by atoms with Crippen LogP contribution in [0.15, 0.2) is 0 Å². The lowest BCUT2D eigenvalue weighted by Crippen LogP contribution is -2.42. The molecule has 0 aromatic rings. The van der Waals surface area contributed by atoms with Crippen molar-refractivity contribution in [3.05, 3.63) is 0 Å². The zero-order chi connectivity index (χ0) is 11.3. The lowest BCUT2D eigenvalue weighted by Gasteiger charge is -2.28. The van der Waals surface area contributed by atoms with Crippen molar-refractivity contribution in [1.29, 1.82) is 0 Å². The average molecular weight is 214 g/mol. The molecule has 4 nitrogen and oxygen atoms in total. The van der Waals surface area contributed by atoms with Crippen LogP contribution in [0, 0.1) is 0 Å². The van der Waals surface area contributed by atoms with Crippen molar-refractivity contribution in [3.63, 3.8) is 0 Å². The van der Waals surface area contributed by atoms with Crippen LogP contribution in [0.2, 0.25) is 0 Å². The molecule has 0 atom stereocenters. The Labute approximate surface area is 91.6 Å². The second kappa shape index (κ2) is 5.47. The van der Waals surface area contributed by atoms with Crippen molar-refractivity contribution in [1.82, 2.24) is 10.2 Å². The molecular weight excluding hydrogens is 192 g/mol. The zero-order valence-electron chi connectivity index (χ0n) is 9.75. The molecule has 1 fully saturated rings. The van der Waals surface area contributed by atoms with E-state index < -0.39 is 5.60 Å².